The molecule has 1 aromatic heterocycles. The van der Waals surface area contributed by atoms with Crippen molar-refractivity contribution in [3.63, 3.8) is 0 Å². The molecule has 0 aliphatic heterocycles. The Morgan fingerprint density at radius 3 is 3.40 bits per heavy atom. The Balaban J connectivity index is 3.09. The number of rotatable bonds is 1. The molecule has 10 heavy (non-hydrogen) atoms. The average Bonchev–Trinajstić information content (AvgIpc) is 1.96. The first-order valence-corrected chi connectivity index (χ1v) is 3.35. The first-order valence-electron chi connectivity index (χ1n) is 4.18. The van der Waals surface area contributed by atoms with Crippen LogP contribution in [-0.4, -0.2) is 17.0 Å². The van der Waals surface area contributed by atoms with Crippen LogP contribution in [0.2, 0.25) is 5.15 Å². The predicted octanol–water partition coefficient (Wildman–Crippen LogP) is 1.90. The lowest BCUT2D eigenvalue weighted by Crippen LogP contribution is -1.90. The topological polar surface area (TPSA) is 35.0 Å². The molecule has 1 rings (SSSR count). The molecule has 54 valence electrons. The Morgan fingerprint density at radius 1 is 1.90 bits per heavy atom. The first-order chi connectivity index (χ1) is 6.29. The van der Waals surface area contributed by atoms with Crippen molar-refractivity contribution in [1.82, 2.24) is 9.97 Å². The van der Waals surface area contributed by atoms with Gasteiger partial charge in [0.15, 0.2) is 5.15 Å². The minimum absolute atomic E-state index is 0.0655. The lowest BCUT2D eigenvalue weighted by atomic mass is 10.6. The zero-order valence-electron chi connectivity index (χ0n) is 8.56. The molecule has 0 bridgehead atoms. The molecule has 0 radical (unpaired) electrons. The number of hydrogen-bond acceptors (Lipinski definition) is 3. The van der Waals surface area contributed by atoms with Crippen molar-refractivity contribution in [2.24, 2.45) is 0 Å². The van der Waals surface area contributed by atoms with Crippen LogP contribution in [0.1, 0.15) is 5.48 Å². The molecule has 0 fully saturated rings. The fourth-order valence-corrected chi connectivity index (χ4v) is 0.745. The van der Waals surface area contributed by atoms with Crippen LogP contribution in [0.15, 0.2) is 10.8 Å². The van der Waals surface area contributed by atoms with Gasteiger partial charge in [0.2, 0.25) is 5.88 Å². The van der Waals surface area contributed by atoms with Crippen LogP contribution >= 0.6 is 27.5 Å². The molecular formula is C5H4BrClN2O. The van der Waals surface area contributed by atoms with E-state index in [2.05, 4.69) is 30.6 Å². The van der Waals surface area contributed by atoms with Crippen molar-refractivity contribution < 1.29 is 10.2 Å². The van der Waals surface area contributed by atoms with Gasteiger partial charge in [-0.1, -0.05) is 11.6 Å². The quantitative estimate of drug-likeness (QED) is 0.688. The highest BCUT2D eigenvalue weighted by Crippen LogP contribution is 2.27. The number of aromatic nitrogens is 2. The van der Waals surface area contributed by atoms with Gasteiger partial charge in [-0.05, 0) is 15.9 Å². The summed E-state index contributed by atoms with van der Waals surface area (Å²) in [5, 5.41) is -0.0655. The van der Waals surface area contributed by atoms with Crippen molar-refractivity contribution in [3.05, 3.63) is 15.9 Å². The third kappa shape index (κ3) is 1.38. The number of methoxy groups -OCH3 is 1. The van der Waals surface area contributed by atoms with E-state index < -0.39 is 13.3 Å². The third-order valence-electron chi connectivity index (χ3n) is 0.765. The maximum Gasteiger partial charge on any atom is 0.232 e. The fraction of sp³-hybridized carbons (Fsp3) is 0.200. The van der Waals surface area contributed by atoms with E-state index in [1.807, 2.05) is 0 Å². The van der Waals surface area contributed by atoms with Gasteiger partial charge < -0.3 is 4.74 Å². The summed E-state index contributed by atoms with van der Waals surface area (Å²) in [6.45, 7) is 0. The highest BCUT2D eigenvalue weighted by Gasteiger charge is 2.04. The minimum Gasteiger partial charge on any atom is -0.480 e. The van der Waals surface area contributed by atoms with Crippen LogP contribution in [0.25, 0.3) is 0 Å². The maximum atomic E-state index is 7.09. The van der Waals surface area contributed by atoms with Gasteiger partial charge in [-0.25, -0.2) is 9.97 Å². The smallest absolute Gasteiger partial charge is 0.232 e. The number of halogens is 2. The third-order valence-corrected chi connectivity index (χ3v) is 1.98. The van der Waals surface area contributed by atoms with Gasteiger partial charge in [0.25, 0.3) is 0 Å². The van der Waals surface area contributed by atoms with E-state index in [0.717, 1.165) is 0 Å². The molecule has 0 aromatic carbocycles. The Morgan fingerprint density at radius 2 is 2.70 bits per heavy atom. The Kier molecular flexibility index (Phi) is 1.23. The number of hydrogen-bond donors (Lipinski definition) is 0. The van der Waals surface area contributed by atoms with Gasteiger partial charge in [-0.15, -0.1) is 0 Å². The van der Waals surface area contributed by atoms with Crippen molar-refractivity contribution in [3.8, 4) is 5.88 Å². The Bertz CT molecular complexity index is 358. The Hall–Kier alpha value is -0.350. The maximum absolute atomic E-state index is 7.09. The molecule has 0 atom stereocenters. The van der Waals surface area contributed by atoms with Crippen molar-refractivity contribution in [2.75, 3.05) is 7.04 Å². The zero-order valence-corrected chi connectivity index (χ0v) is 6.90. The summed E-state index contributed by atoms with van der Waals surface area (Å²) in [7, 11) is -2.63. The highest BCUT2D eigenvalue weighted by molar-refractivity contribution is 9.10. The summed E-state index contributed by atoms with van der Waals surface area (Å²) in [5.41, 5.74) is 0. The highest BCUT2D eigenvalue weighted by atomic mass is 79.9. The van der Waals surface area contributed by atoms with Gasteiger partial charge in [-0.3, -0.25) is 0 Å². The number of ether oxygens (including phenoxy) is 1. The zero-order chi connectivity index (χ0) is 10.9. The van der Waals surface area contributed by atoms with Gasteiger partial charge >= 0.3 is 0 Å². The predicted molar refractivity (Wildman–Crippen MR) is 41.3 cm³/mol. The van der Waals surface area contributed by atoms with Crippen LogP contribution in [0.4, 0.5) is 0 Å². The molecule has 0 N–H and O–H groups in total. The number of nitrogens with zero attached hydrogens (tertiary/aromatic N) is 2. The standard InChI is InChI=1S/C5H4BrClN2O/c1-10-5-3(6)4(7)8-2-9-5/h2H,1H3/i1D3,2D. The lowest BCUT2D eigenvalue weighted by Gasteiger charge is -1.99. The summed E-state index contributed by atoms with van der Waals surface area (Å²) in [4.78, 5) is 6.94. The van der Waals surface area contributed by atoms with Crippen molar-refractivity contribution >= 4 is 27.5 Å². The van der Waals surface area contributed by atoms with Crippen LogP contribution in [0, 0.1) is 0 Å². The molecule has 0 aliphatic rings. The molecule has 0 spiro atoms. The SMILES string of the molecule is [2H]c1nc(Cl)c(Br)c(OC([2H])([2H])[2H])n1. The lowest BCUT2D eigenvalue weighted by molar-refractivity contribution is 0.394. The molecule has 0 amide bonds. The van der Waals surface area contributed by atoms with Gasteiger partial charge in [0.05, 0.1) is 11.2 Å². The average molecular weight is 227 g/mol. The van der Waals surface area contributed by atoms with Crippen LogP contribution in [0.3, 0.4) is 0 Å². The molecule has 1 heterocycles. The second kappa shape index (κ2) is 3.16. The summed E-state index contributed by atoms with van der Waals surface area (Å²) >= 11 is 8.52. The molecule has 1 aromatic rings. The normalized spacial score (nSPS) is 16.6. The van der Waals surface area contributed by atoms with Crippen molar-refractivity contribution in [2.45, 2.75) is 0 Å². The van der Waals surface area contributed by atoms with E-state index in [1.54, 1.807) is 0 Å². The first kappa shape index (κ1) is 3.88. The fourth-order valence-electron chi connectivity index (χ4n) is 0.368. The summed E-state index contributed by atoms with van der Waals surface area (Å²) in [6.07, 6.45) is -0.405. The van der Waals surface area contributed by atoms with E-state index in [0.29, 0.717) is 0 Å². The van der Waals surface area contributed by atoms with Crippen LogP contribution in [-0.2, 0) is 0 Å². The van der Waals surface area contributed by atoms with Gasteiger partial charge in [-0.2, -0.15) is 0 Å². The molecular weight excluding hydrogens is 219 g/mol. The second-order valence-corrected chi connectivity index (χ2v) is 2.49. The van der Waals surface area contributed by atoms with E-state index in [1.165, 1.54) is 0 Å². The van der Waals surface area contributed by atoms with E-state index >= 15 is 0 Å². The van der Waals surface area contributed by atoms with E-state index in [-0.39, 0.29) is 15.5 Å². The Labute approximate surface area is 77.1 Å². The minimum atomic E-state index is -2.63. The van der Waals surface area contributed by atoms with Gasteiger partial charge in [0, 0.05) is 0 Å². The van der Waals surface area contributed by atoms with E-state index in [4.69, 9.17) is 17.1 Å². The largest absolute Gasteiger partial charge is 0.480 e. The van der Waals surface area contributed by atoms with Crippen molar-refractivity contribution in [1.29, 1.82) is 0 Å². The summed E-state index contributed by atoms with van der Waals surface area (Å²) < 4.78 is 32.2. The summed E-state index contributed by atoms with van der Waals surface area (Å²) in [5.74, 6) is -0.269. The van der Waals surface area contributed by atoms with Gasteiger partial charge in [0.1, 0.15) is 12.1 Å². The second-order valence-electron chi connectivity index (χ2n) is 1.34. The monoisotopic (exact) mass is 226 g/mol. The molecule has 0 saturated heterocycles. The van der Waals surface area contributed by atoms with E-state index in [9.17, 15) is 0 Å². The van der Waals surface area contributed by atoms with Crippen LogP contribution < -0.4 is 4.74 Å². The van der Waals surface area contributed by atoms with Crippen LogP contribution in [0.5, 0.6) is 5.88 Å². The summed E-state index contributed by atoms with van der Waals surface area (Å²) in [6, 6.07) is 0. The molecule has 0 aliphatic carbocycles. The molecule has 3 nitrogen and oxygen atoms in total. The molecule has 5 heteroatoms. The molecule has 0 saturated carbocycles. The molecule has 0 unspecified atom stereocenters.